The number of benzene rings is 2. The maximum atomic E-state index is 12.2. The van der Waals surface area contributed by atoms with Crippen LogP contribution in [0.4, 0.5) is 0 Å². The molecule has 0 N–H and O–H groups in total. The van der Waals surface area contributed by atoms with E-state index in [9.17, 15) is 4.79 Å². The fourth-order valence-corrected chi connectivity index (χ4v) is 2.26. The minimum absolute atomic E-state index is 0.0296. The lowest BCUT2D eigenvalue weighted by atomic mass is 10.1. The molecule has 2 aromatic rings. The van der Waals surface area contributed by atoms with Crippen molar-refractivity contribution in [3.63, 3.8) is 0 Å². The lowest BCUT2D eigenvalue weighted by Gasteiger charge is -2.16. The summed E-state index contributed by atoms with van der Waals surface area (Å²) in [5.41, 5.74) is 1.76. The zero-order valence-electron chi connectivity index (χ0n) is 11.1. The van der Waals surface area contributed by atoms with Gasteiger partial charge in [0.2, 0.25) is 0 Å². The molecule has 0 amide bonds. The first-order valence-electron chi connectivity index (χ1n) is 6.27. The second-order valence-electron chi connectivity index (χ2n) is 4.71. The summed E-state index contributed by atoms with van der Waals surface area (Å²) in [4.78, 5) is 14.1. The number of halogens is 2. The Bertz CT molecular complexity index is 599. The third-order valence-corrected chi connectivity index (χ3v) is 3.69. The molecule has 104 valence electrons. The highest BCUT2D eigenvalue weighted by atomic mass is 35.5. The molecule has 0 heterocycles. The van der Waals surface area contributed by atoms with Crippen molar-refractivity contribution in [2.75, 3.05) is 13.6 Å². The third-order valence-electron chi connectivity index (χ3n) is 2.95. The van der Waals surface area contributed by atoms with Crippen LogP contribution in [-0.4, -0.2) is 24.3 Å². The van der Waals surface area contributed by atoms with Crippen molar-refractivity contribution in [1.29, 1.82) is 0 Å². The number of nitrogens with zero attached hydrogens (tertiary/aromatic N) is 1. The molecule has 0 atom stereocenters. The van der Waals surface area contributed by atoms with Gasteiger partial charge in [0.25, 0.3) is 0 Å². The molecule has 0 fully saturated rings. The maximum Gasteiger partial charge on any atom is 0.176 e. The van der Waals surface area contributed by atoms with E-state index < -0.39 is 0 Å². The van der Waals surface area contributed by atoms with E-state index in [1.165, 1.54) is 5.56 Å². The largest absolute Gasteiger partial charge is 0.295 e. The zero-order valence-corrected chi connectivity index (χ0v) is 12.7. The lowest BCUT2D eigenvalue weighted by Crippen LogP contribution is -2.25. The molecule has 0 radical (unpaired) electrons. The second-order valence-corrected chi connectivity index (χ2v) is 5.52. The number of hydrogen-bond donors (Lipinski definition) is 0. The van der Waals surface area contributed by atoms with E-state index in [-0.39, 0.29) is 5.78 Å². The molecule has 0 saturated carbocycles. The van der Waals surface area contributed by atoms with E-state index in [0.29, 0.717) is 22.2 Å². The SMILES string of the molecule is CN(CC(=O)c1ccc(Cl)c(Cl)c1)Cc1ccccc1. The van der Waals surface area contributed by atoms with Crippen molar-refractivity contribution in [3.8, 4) is 0 Å². The van der Waals surface area contributed by atoms with Gasteiger partial charge in [-0.15, -0.1) is 0 Å². The van der Waals surface area contributed by atoms with Crippen molar-refractivity contribution in [1.82, 2.24) is 4.90 Å². The Hall–Kier alpha value is -1.35. The Morgan fingerprint density at radius 3 is 2.40 bits per heavy atom. The summed E-state index contributed by atoms with van der Waals surface area (Å²) in [6, 6.07) is 15.0. The molecule has 20 heavy (non-hydrogen) atoms. The van der Waals surface area contributed by atoms with Crippen molar-refractivity contribution in [3.05, 3.63) is 69.7 Å². The standard InChI is InChI=1S/C16H15Cl2NO/c1-19(10-12-5-3-2-4-6-12)11-16(20)13-7-8-14(17)15(18)9-13/h2-9H,10-11H2,1H3. The van der Waals surface area contributed by atoms with Crippen LogP contribution < -0.4 is 0 Å². The molecule has 2 nitrogen and oxygen atoms in total. The Morgan fingerprint density at radius 1 is 1.05 bits per heavy atom. The van der Waals surface area contributed by atoms with E-state index in [2.05, 4.69) is 0 Å². The first kappa shape index (κ1) is 15.0. The average Bonchev–Trinajstić information content (AvgIpc) is 2.42. The Morgan fingerprint density at radius 2 is 1.75 bits per heavy atom. The number of rotatable bonds is 5. The minimum atomic E-state index is 0.0296. The average molecular weight is 308 g/mol. The quantitative estimate of drug-likeness (QED) is 0.767. The second kappa shape index (κ2) is 6.89. The number of hydrogen-bond acceptors (Lipinski definition) is 2. The van der Waals surface area contributed by atoms with Gasteiger partial charge in [-0.1, -0.05) is 53.5 Å². The Balaban J connectivity index is 1.98. The van der Waals surface area contributed by atoms with E-state index >= 15 is 0 Å². The molecule has 0 unspecified atom stereocenters. The van der Waals surface area contributed by atoms with Crippen LogP contribution in [0.3, 0.4) is 0 Å². The van der Waals surface area contributed by atoms with Crippen LogP contribution in [0.2, 0.25) is 10.0 Å². The monoisotopic (exact) mass is 307 g/mol. The normalized spacial score (nSPS) is 10.8. The molecule has 0 spiro atoms. The smallest absolute Gasteiger partial charge is 0.176 e. The highest BCUT2D eigenvalue weighted by molar-refractivity contribution is 6.42. The van der Waals surface area contributed by atoms with Gasteiger partial charge < -0.3 is 0 Å². The van der Waals surface area contributed by atoms with Crippen molar-refractivity contribution in [2.45, 2.75) is 6.54 Å². The van der Waals surface area contributed by atoms with E-state index in [0.717, 1.165) is 6.54 Å². The van der Waals surface area contributed by atoms with Gasteiger partial charge in [-0.05, 0) is 30.8 Å². The van der Waals surface area contributed by atoms with Gasteiger partial charge in [-0.3, -0.25) is 9.69 Å². The van der Waals surface area contributed by atoms with Crippen LogP contribution in [0, 0.1) is 0 Å². The van der Waals surface area contributed by atoms with Gasteiger partial charge in [0.1, 0.15) is 0 Å². The van der Waals surface area contributed by atoms with Crippen molar-refractivity contribution < 1.29 is 4.79 Å². The molecule has 0 saturated heterocycles. The Kier molecular flexibility index (Phi) is 5.18. The predicted molar refractivity (Wildman–Crippen MR) is 83.6 cm³/mol. The van der Waals surface area contributed by atoms with Crippen LogP contribution in [-0.2, 0) is 6.54 Å². The van der Waals surface area contributed by atoms with Crippen LogP contribution in [0.1, 0.15) is 15.9 Å². The molecule has 2 aromatic carbocycles. The summed E-state index contributed by atoms with van der Waals surface area (Å²) < 4.78 is 0. The van der Waals surface area contributed by atoms with Gasteiger partial charge in [-0.2, -0.15) is 0 Å². The third kappa shape index (κ3) is 4.07. The topological polar surface area (TPSA) is 20.3 Å². The van der Waals surface area contributed by atoms with Gasteiger partial charge in [-0.25, -0.2) is 0 Å². The molecule has 0 aromatic heterocycles. The fourth-order valence-electron chi connectivity index (χ4n) is 1.96. The number of likely N-dealkylation sites (N-methyl/N-ethyl adjacent to an activating group) is 1. The van der Waals surface area contributed by atoms with Gasteiger partial charge in [0.05, 0.1) is 16.6 Å². The van der Waals surface area contributed by atoms with Gasteiger partial charge in [0, 0.05) is 12.1 Å². The maximum absolute atomic E-state index is 12.2. The predicted octanol–water partition coefficient (Wildman–Crippen LogP) is 4.31. The highest BCUT2D eigenvalue weighted by Gasteiger charge is 2.11. The van der Waals surface area contributed by atoms with Gasteiger partial charge >= 0.3 is 0 Å². The number of carbonyl (C=O) groups is 1. The molecule has 0 aliphatic carbocycles. The first-order chi connectivity index (χ1) is 9.56. The van der Waals surface area contributed by atoms with Crippen LogP contribution >= 0.6 is 23.2 Å². The minimum Gasteiger partial charge on any atom is -0.295 e. The summed E-state index contributed by atoms with van der Waals surface area (Å²) in [5.74, 6) is 0.0296. The van der Waals surface area contributed by atoms with Crippen molar-refractivity contribution >= 4 is 29.0 Å². The van der Waals surface area contributed by atoms with Crippen LogP contribution in [0.5, 0.6) is 0 Å². The van der Waals surface area contributed by atoms with E-state index in [1.807, 2.05) is 42.3 Å². The lowest BCUT2D eigenvalue weighted by molar-refractivity contribution is 0.0943. The molecule has 0 aliphatic rings. The summed E-state index contributed by atoms with van der Waals surface area (Å²) in [5, 5.41) is 0.865. The number of Topliss-reactive ketones (excluding diaryl/α,β-unsaturated/α-hetero) is 1. The fraction of sp³-hybridized carbons (Fsp3) is 0.188. The molecule has 4 heteroatoms. The van der Waals surface area contributed by atoms with Crippen molar-refractivity contribution in [2.24, 2.45) is 0 Å². The highest BCUT2D eigenvalue weighted by Crippen LogP contribution is 2.22. The van der Waals surface area contributed by atoms with Crippen LogP contribution in [0.25, 0.3) is 0 Å². The molecule has 2 rings (SSSR count). The summed E-state index contributed by atoms with van der Waals surface area (Å²) in [7, 11) is 1.92. The first-order valence-corrected chi connectivity index (χ1v) is 7.02. The summed E-state index contributed by atoms with van der Waals surface area (Å²) in [6.45, 7) is 1.07. The zero-order chi connectivity index (χ0) is 14.5. The number of carbonyl (C=O) groups excluding carboxylic acids is 1. The molecule has 0 aliphatic heterocycles. The molecular formula is C16H15Cl2NO. The summed E-state index contributed by atoms with van der Waals surface area (Å²) in [6.07, 6.45) is 0. The summed E-state index contributed by atoms with van der Waals surface area (Å²) >= 11 is 11.8. The van der Waals surface area contributed by atoms with E-state index in [4.69, 9.17) is 23.2 Å². The number of ketones is 1. The Labute approximate surface area is 128 Å². The molecular weight excluding hydrogens is 293 g/mol. The van der Waals surface area contributed by atoms with Crippen LogP contribution in [0.15, 0.2) is 48.5 Å². The molecule has 0 bridgehead atoms. The van der Waals surface area contributed by atoms with Gasteiger partial charge in [0.15, 0.2) is 5.78 Å². The van der Waals surface area contributed by atoms with E-state index in [1.54, 1.807) is 18.2 Å².